The lowest BCUT2D eigenvalue weighted by Gasteiger charge is -2.26. The van der Waals surface area contributed by atoms with Gasteiger partial charge in [0.1, 0.15) is 16.7 Å². The molecule has 2 aliphatic heterocycles. The SMILES string of the molecule is CN1CCCC1c1ncc(Br)[nH]1.COC(=O)NC(C=O)C1CCOCC1. The third-order valence-corrected chi connectivity index (χ3v) is 5.19. The summed E-state index contributed by atoms with van der Waals surface area (Å²) >= 11 is 3.36. The smallest absolute Gasteiger partial charge is 0.407 e. The van der Waals surface area contributed by atoms with Crippen LogP contribution >= 0.6 is 15.9 Å². The third kappa shape index (κ3) is 6.07. The number of halogens is 1. The highest BCUT2D eigenvalue weighted by Gasteiger charge is 2.25. The van der Waals surface area contributed by atoms with Crippen LogP contribution in [0.2, 0.25) is 0 Å². The number of methoxy groups -OCH3 is 1. The summed E-state index contributed by atoms with van der Waals surface area (Å²) in [5, 5.41) is 2.50. The normalized spacial score (nSPS) is 22.2. The van der Waals surface area contributed by atoms with Crippen molar-refractivity contribution >= 4 is 28.3 Å². The molecule has 2 atom stereocenters. The summed E-state index contributed by atoms with van der Waals surface area (Å²) in [7, 11) is 3.43. The number of amides is 1. The molecule has 2 aliphatic rings. The molecule has 0 bridgehead atoms. The van der Waals surface area contributed by atoms with Gasteiger partial charge < -0.3 is 24.6 Å². The highest BCUT2D eigenvalue weighted by molar-refractivity contribution is 9.10. The van der Waals surface area contributed by atoms with Crippen molar-refractivity contribution in [1.82, 2.24) is 20.2 Å². The van der Waals surface area contributed by atoms with Crippen LogP contribution in [-0.2, 0) is 14.3 Å². The maximum absolute atomic E-state index is 10.9. The molecule has 146 valence electrons. The number of hydrogen-bond acceptors (Lipinski definition) is 6. The fourth-order valence-corrected chi connectivity index (χ4v) is 3.58. The van der Waals surface area contributed by atoms with Gasteiger partial charge in [0.15, 0.2) is 0 Å². The number of carbonyl (C=O) groups is 2. The zero-order valence-electron chi connectivity index (χ0n) is 15.2. The minimum absolute atomic E-state index is 0.167. The third-order valence-electron chi connectivity index (χ3n) is 4.79. The molecule has 0 radical (unpaired) electrons. The van der Waals surface area contributed by atoms with Crippen LogP contribution < -0.4 is 5.32 Å². The topological polar surface area (TPSA) is 96.5 Å². The van der Waals surface area contributed by atoms with E-state index in [0.717, 1.165) is 29.6 Å². The van der Waals surface area contributed by atoms with Crippen molar-refractivity contribution in [1.29, 1.82) is 0 Å². The Labute approximate surface area is 162 Å². The van der Waals surface area contributed by atoms with Crippen molar-refractivity contribution in [2.75, 3.05) is 33.9 Å². The van der Waals surface area contributed by atoms with Gasteiger partial charge in [-0.2, -0.15) is 0 Å². The average molecular weight is 431 g/mol. The van der Waals surface area contributed by atoms with E-state index in [-0.39, 0.29) is 5.92 Å². The number of aromatic amines is 1. The second-order valence-corrected chi connectivity index (χ2v) is 7.36. The van der Waals surface area contributed by atoms with Crippen molar-refractivity contribution in [3.63, 3.8) is 0 Å². The van der Waals surface area contributed by atoms with Crippen molar-refractivity contribution in [3.05, 3.63) is 16.6 Å². The number of aromatic nitrogens is 2. The summed E-state index contributed by atoms with van der Waals surface area (Å²) in [6.07, 6.45) is 6.11. The second-order valence-electron chi connectivity index (χ2n) is 6.50. The minimum Gasteiger partial charge on any atom is -0.453 e. The highest BCUT2D eigenvalue weighted by Crippen LogP contribution is 2.28. The molecule has 3 heterocycles. The molecule has 2 saturated heterocycles. The molecule has 1 aromatic heterocycles. The van der Waals surface area contributed by atoms with Gasteiger partial charge in [0.2, 0.25) is 0 Å². The van der Waals surface area contributed by atoms with Gasteiger partial charge in [0.25, 0.3) is 0 Å². The Bertz CT molecular complexity index is 577. The van der Waals surface area contributed by atoms with Crippen LogP contribution in [0.1, 0.15) is 37.5 Å². The Morgan fingerprint density at radius 1 is 1.50 bits per heavy atom. The molecule has 0 saturated carbocycles. The molecule has 26 heavy (non-hydrogen) atoms. The number of rotatable bonds is 4. The van der Waals surface area contributed by atoms with E-state index in [1.807, 2.05) is 6.20 Å². The summed E-state index contributed by atoms with van der Waals surface area (Å²) in [6, 6.07) is 0.0441. The monoisotopic (exact) mass is 430 g/mol. The van der Waals surface area contributed by atoms with Crippen molar-refractivity contribution in [2.45, 2.75) is 37.8 Å². The number of alkyl carbamates (subject to hydrolysis) is 1. The van der Waals surface area contributed by atoms with Crippen LogP contribution in [0, 0.1) is 5.92 Å². The van der Waals surface area contributed by atoms with Gasteiger partial charge >= 0.3 is 6.09 Å². The Hall–Kier alpha value is -1.45. The number of H-pyrrole nitrogens is 1. The molecule has 0 aliphatic carbocycles. The molecular formula is C17H27BrN4O4. The lowest BCUT2D eigenvalue weighted by Crippen LogP contribution is -2.43. The summed E-state index contributed by atoms with van der Waals surface area (Å²) in [6.45, 7) is 2.48. The molecule has 0 spiro atoms. The Morgan fingerprint density at radius 3 is 2.73 bits per heavy atom. The number of hydrogen-bond donors (Lipinski definition) is 2. The summed E-state index contributed by atoms with van der Waals surface area (Å²) in [5.41, 5.74) is 0. The second kappa shape index (κ2) is 10.6. The lowest BCUT2D eigenvalue weighted by atomic mass is 9.93. The molecule has 2 N–H and O–H groups in total. The maximum atomic E-state index is 10.9. The van der Waals surface area contributed by atoms with Crippen LogP contribution in [-0.4, -0.2) is 67.2 Å². The number of imidazole rings is 1. The summed E-state index contributed by atoms with van der Waals surface area (Å²) in [5.74, 6) is 1.25. The number of carbonyl (C=O) groups excluding carboxylic acids is 2. The summed E-state index contributed by atoms with van der Waals surface area (Å²) in [4.78, 5) is 31.5. The molecule has 2 unspecified atom stereocenters. The van der Waals surface area contributed by atoms with Gasteiger partial charge in [-0.05, 0) is 61.1 Å². The molecule has 1 amide bonds. The number of nitrogens with zero attached hydrogens (tertiary/aromatic N) is 2. The van der Waals surface area contributed by atoms with Crippen molar-refractivity contribution in [3.8, 4) is 0 Å². The van der Waals surface area contributed by atoms with E-state index >= 15 is 0 Å². The largest absolute Gasteiger partial charge is 0.453 e. The summed E-state index contributed by atoms with van der Waals surface area (Å²) < 4.78 is 10.6. The van der Waals surface area contributed by atoms with Gasteiger partial charge in [-0.15, -0.1) is 0 Å². The first kappa shape index (κ1) is 20.9. The number of ether oxygens (including phenoxy) is 2. The Balaban J connectivity index is 0.000000189. The van der Waals surface area contributed by atoms with Crippen LogP contribution in [0.15, 0.2) is 10.8 Å². The fraction of sp³-hybridized carbons (Fsp3) is 0.706. The first-order valence-electron chi connectivity index (χ1n) is 8.83. The van der Waals surface area contributed by atoms with Crippen LogP contribution in [0.5, 0.6) is 0 Å². The first-order valence-corrected chi connectivity index (χ1v) is 9.62. The quantitative estimate of drug-likeness (QED) is 0.711. The molecular weight excluding hydrogens is 404 g/mol. The Morgan fingerprint density at radius 2 is 2.23 bits per heavy atom. The van der Waals surface area contributed by atoms with Crippen LogP contribution in [0.25, 0.3) is 0 Å². The van der Waals surface area contributed by atoms with Crippen LogP contribution in [0.3, 0.4) is 0 Å². The van der Waals surface area contributed by atoms with E-state index in [4.69, 9.17) is 4.74 Å². The molecule has 0 aromatic carbocycles. The molecule has 8 nitrogen and oxygen atoms in total. The molecule has 9 heteroatoms. The average Bonchev–Trinajstić information content (AvgIpc) is 3.28. The van der Waals surface area contributed by atoms with E-state index in [1.165, 1.54) is 26.5 Å². The van der Waals surface area contributed by atoms with Crippen LogP contribution in [0.4, 0.5) is 4.79 Å². The molecule has 3 rings (SSSR count). The van der Waals surface area contributed by atoms with Crippen molar-refractivity contribution < 1.29 is 19.1 Å². The van der Waals surface area contributed by atoms with Gasteiger partial charge in [-0.25, -0.2) is 9.78 Å². The van der Waals surface area contributed by atoms with Gasteiger partial charge in [0.05, 0.1) is 25.4 Å². The van der Waals surface area contributed by atoms with E-state index in [9.17, 15) is 9.59 Å². The first-order chi connectivity index (χ1) is 12.5. The Kier molecular flexibility index (Phi) is 8.53. The zero-order valence-corrected chi connectivity index (χ0v) is 16.8. The predicted octanol–water partition coefficient (Wildman–Crippen LogP) is 2.28. The van der Waals surface area contributed by atoms with Crippen molar-refractivity contribution in [2.24, 2.45) is 5.92 Å². The van der Waals surface area contributed by atoms with Gasteiger partial charge in [0, 0.05) is 13.2 Å². The van der Waals surface area contributed by atoms with E-state index in [1.54, 1.807) is 0 Å². The van der Waals surface area contributed by atoms with E-state index in [0.29, 0.717) is 19.3 Å². The van der Waals surface area contributed by atoms with E-state index < -0.39 is 12.1 Å². The van der Waals surface area contributed by atoms with Gasteiger partial charge in [-0.3, -0.25) is 4.90 Å². The zero-order chi connectivity index (χ0) is 18.9. The predicted molar refractivity (Wildman–Crippen MR) is 99.8 cm³/mol. The number of aldehydes is 1. The lowest BCUT2D eigenvalue weighted by molar-refractivity contribution is -0.111. The molecule has 2 fully saturated rings. The highest BCUT2D eigenvalue weighted by atomic mass is 79.9. The van der Waals surface area contributed by atoms with Gasteiger partial charge in [-0.1, -0.05) is 0 Å². The minimum atomic E-state index is -0.561. The fourth-order valence-electron chi connectivity index (χ4n) is 3.27. The standard InChI is InChI=1S/C9H15NO4.C8H12BrN3/c1-13-9(12)10-8(6-11)7-2-4-14-5-3-7;1-12-4-2-3-6(12)8-10-5-7(9)11-8/h6-8H,2-5H2,1H3,(H,10,12);5-6H,2-4H2,1H3,(H,10,11). The number of nitrogens with one attached hydrogen (secondary N) is 2. The maximum Gasteiger partial charge on any atom is 0.407 e. The van der Waals surface area contributed by atoms with E-state index in [2.05, 4.69) is 47.9 Å². The number of likely N-dealkylation sites (tertiary alicyclic amines) is 1. The molecule has 1 aromatic rings.